The molecule has 1 nitrogen and oxygen atoms in total. The number of rotatable bonds is 1. The number of hydrogen-bond acceptors (Lipinski definition) is 2. The molecule has 0 aromatic heterocycles. The van der Waals surface area contributed by atoms with Crippen molar-refractivity contribution in [1.29, 1.82) is 0 Å². The minimum absolute atomic E-state index is 0.00263. The van der Waals surface area contributed by atoms with E-state index in [-0.39, 0.29) is 16.2 Å². The lowest BCUT2D eigenvalue weighted by Crippen LogP contribution is -2.19. The molecule has 28 heavy (non-hydrogen) atoms. The Bertz CT molecular complexity index is 1040. The molecule has 0 saturated carbocycles. The number of halogens is 6. The Hall–Kier alpha value is -2.61. The first-order chi connectivity index (χ1) is 13.2. The van der Waals surface area contributed by atoms with Gasteiger partial charge in [-0.15, -0.1) is 0 Å². The highest BCUT2D eigenvalue weighted by atomic mass is 32.2. The second kappa shape index (κ2) is 6.48. The molecule has 3 aromatic rings. The third-order valence-corrected chi connectivity index (χ3v) is 5.26. The monoisotopic (exact) mass is 412 g/mol. The summed E-state index contributed by atoms with van der Waals surface area (Å²) in [5.74, 6) is 0.0697. The van der Waals surface area contributed by atoms with Crippen molar-refractivity contribution in [2.75, 3.05) is 0 Å². The summed E-state index contributed by atoms with van der Waals surface area (Å²) in [6.07, 6.45) is -10.4. The smallest absolute Gasteiger partial charge is 0.417 e. The molecule has 0 saturated heterocycles. The Kier molecular flexibility index (Phi) is 4.33. The average molecular weight is 412 g/mol. The summed E-state index contributed by atoms with van der Waals surface area (Å²) >= 11 is 0.949. The quantitative estimate of drug-likeness (QED) is 0.297. The van der Waals surface area contributed by atoms with E-state index in [1.165, 1.54) is 24.3 Å². The highest BCUT2D eigenvalue weighted by molar-refractivity contribution is 7.99. The van der Waals surface area contributed by atoms with Crippen LogP contribution < -0.4 is 4.74 Å². The maximum Gasteiger partial charge on any atom is 0.417 e. The molecule has 0 atom stereocenters. The standard InChI is InChI=1S/C20H10F6OS/c21-19(22,23)12-10-15-18(27-13-8-4-5-9-14(13)28-15)16(17(12)20(24,25)26)11-6-2-1-3-7-11/h1-10H. The van der Waals surface area contributed by atoms with Gasteiger partial charge in [0.1, 0.15) is 11.5 Å². The van der Waals surface area contributed by atoms with Crippen LogP contribution in [0.15, 0.2) is 70.5 Å². The molecule has 0 bridgehead atoms. The van der Waals surface area contributed by atoms with Crippen LogP contribution in [0.25, 0.3) is 11.1 Å². The average Bonchev–Trinajstić information content (AvgIpc) is 2.64. The van der Waals surface area contributed by atoms with Crippen LogP contribution in [-0.4, -0.2) is 0 Å². The van der Waals surface area contributed by atoms with Gasteiger partial charge >= 0.3 is 12.4 Å². The minimum atomic E-state index is -5.23. The van der Waals surface area contributed by atoms with E-state index in [1.54, 1.807) is 30.3 Å². The molecule has 1 heterocycles. The topological polar surface area (TPSA) is 9.23 Å². The SMILES string of the molecule is FC(F)(F)c1cc2c(c(-c3ccccc3)c1C(F)(F)F)Oc1ccccc1S2. The van der Waals surface area contributed by atoms with Gasteiger partial charge in [-0.3, -0.25) is 0 Å². The highest BCUT2D eigenvalue weighted by Crippen LogP contribution is 2.56. The van der Waals surface area contributed by atoms with Crippen LogP contribution in [0.4, 0.5) is 26.3 Å². The van der Waals surface area contributed by atoms with Gasteiger partial charge in [-0.2, -0.15) is 26.3 Å². The molecule has 0 N–H and O–H groups in total. The first-order valence-corrected chi connectivity index (χ1v) is 8.83. The fourth-order valence-electron chi connectivity index (χ4n) is 3.06. The molecular formula is C20H10F6OS. The highest BCUT2D eigenvalue weighted by Gasteiger charge is 2.47. The van der Waals surface area contributed by atoms with Crippen molar-refractivity contribution in [3.8, 4) is 22.6 Å². The summed E-state index contributed by atoms with van der Waals surface area (Å²) in [7, 11) is 0. The second-order valence-corrected chi connectivity index (χ2v) is 7.10. The predicted molar refractivity (Wildman–Crippen MR) is 92.5 cm³/mol. The van der Waals surface area contributed by atoms with Crippen LogP contribution in [0.2, 0.25) is 0 Å². The number of hydrogen-bond donors (Lipinski definition) is 0. The molecule has 3 aromatic carbocycles. The van der Waals surface area contributed by atoms with Crippen LogP contribution in [0.5, 0.6) is 11.5 Å². The van der Waals surface area contributed by atoms with Gasteiger partial charge in [0.25, 0.3) is 0 Å². The number of para-hydroxylation sites is 1. The van der Waals surface area contributed by atoms with E-state index in [4.69, 9.17) is 4.74 Å². The first kappa shape index (κ1) is 18.7. The molecule has 0 aliphatic carbocycles. The van der Waals surface area contributed by atoms with Crippen LogP contribution in [0, 0.1) is 0 Å². The Morgan fingerprint density at radius 2 is 1.36 bits per heavy atom. The molecule has 8 heteroatoms. The molecule has 0 unspecified atom stereocenters. The van der Waals surface area contributed by atoms with Gasteiger partial charge in [0, 0.05) is 5.56 Å². The largest absolute Gasteiger partial charge is 0.454 e. The van der Waals surface area contributed by atoms with E-state index in [9.17, 15) is 26.3 Å². The van der Waals surface area contributed by atoms with E-state index in [0.717, 1.165) is 11.8 Å². The van der Waals surface area contributed by atoms with Gasteiger partial charge in [0.2, 0.25) is 0 Å². The maximum absolute atomic E-state index is 13.8. The van der Waals surface area contributed by atoms with E-state index in [0.29, 0.717) is 16.7 Å². The second-order valence-electron chi connectivity index (χ2n) is 6.01. The van der Waals surface area contributed by atoms with Crippen molar-refractivity contribution in [2.45, 2.75) is 22.1 Å². The van der Waals surface area contributed by atoms with Gasteiger partial charge in [0.05, 0.1) is 20.9 Å². The number of fused-ring (bicyclic) bond motifs is 2. The minimum Gasteiger partial charge on any atom is -0.454 e. The maximum atomic E-state index is 13.8. The Morgan fingerprint density at radius 1 is 0.714 bits per heavy atom. The Labute approximate surface area is 159 Å². The van der Waals surface area contributed by atoms with Crippen molar-refractivity contribution < 1.29 is 31.1 Å². The summed E-state index contributed by atoms with van der Waals surface area (Å²) in [5, 5.41) is 0. The van der Waals surface area contributed by atoms with Gasteiger partial charge < -0.3 is 4.74 Å². The number of alkyl halides is 6. The van der Waals surface area contributed by atoms with Crippen LogP contribution in [0.1, 0.15) is 11.1 Å². The first-order valence-electron chi connectivity index (χ1n) is 8.02. The lowest BCUT2D eigenvalue weighted by molar-refractivity contribution is -0.161. The summed E-state index contributed by atoms with van der Waals surface area (Å²) < 4.78 is 87.9. The lowest BCUT2D eigenvalue weighted by Gasteiger charge is -2.27. The molecule has 0 radical (unpaired) electrons. The van der Waals surface area contributed by atoms with E-state index in [1.807, 2.05) is 0 Å². The summed E-state index contributed by atoms with van der Waals surface area (Å²) in [6, 6.07) is 14.2. The van der Waals surface area contributed by atoms with E-state index >= 15 is 0 Å². The van der Waals surface area contributed by atoms with Crippen molar-refractivity contribution in [1.82, 2.24) is 0 Å². The molecule has 144 valence electrons. The summed E-state index contributed by atoms with van der Waals surface area (Å²) in [5.41, 5.74) is -4.09. The summed E-state index contributed by atoms with van der Waals surface area (Å²) in [4.78, 5) is 0.514. The fourth-order valence-corrected chi connectivity index (χ4v) is 4.07. The molecule has 0 fully saturated rings. The van der Waals surface area contributed by atoms with E-state index in [2.05, 4.69) is 0 Å². The van der Waals surface area contributed by atoms with Crippen LogP contribution in [-0.2, 0) is 12.4 Å². The fraction of sp³-hybridized carbons (Fsp3) is 0.100. The predicted octanol–water partition coefficient (Wildman–Crippen LogP) is 7.65. The molecule has 1 aliphatic heterocycles. The molecule has 4 rings (SSSR count). The number of benzene rings is 3. The number of ether oxygens (including phenoxy) is 1. The normalized spacial score (nSPS) is 13.5. The van der Waals surface area contributed by atoms with Gasteiger partial charge in [-0.05, 0) is 23.8 Å². The van der Waals surface area contributed by atoms with Gasteiger partial charge in [0.15, 0.2) is 0 Å². The third-order valence-electron chi connectivity index (χ3n) is 4.18. The molecule has 1 aliphatic rings. The van der Waals surface area contributed by atoms with Gasteiger partial charge in [-0.1, -0.05) is 54.2 Å². The third kappa shape index (κ3) is 3.22. The van der Waals surface area contributed by atoms with Crippen LogP contribution >= 0.6 is 11.8 Å². The molecule has 0 spiro atoms. The van der Waals surface area contributed by atoms with Gasteiger partial charge in [-0.25, -0.2) is 0 Å². The Morgan fingerprint density at radius 3 is 2.00 bits per heavy atom. The molecular weight excluding hydrogens is 402 g/mol. The zero-order chi connectivity index (χ0) is 20.1. The lowest BCUT2D eigenvalue weighted by atomic mass is 9.93. The zero-order valence-electron chi connectivity index (χ0n) is 13.9. The van der Waals surface area contributed by atoms with Crippen molar-refractivity contribution in [2.24, 2.45) is 0 Å². The molecule has 0 amide bonds. The van der Waals surface area contributed by atoms with Crippen molar-refractivity contribution >= 4 is 11.8 Å². The summed E-state index contributed by atoms with van der Waals surface area (Å²) in [6.45, 7) is 0. The van der Waals surface area contributed by atoms with Crippen LogP contribution in [0.3, 0.4) is 0 Å². The van der Waals surface area contributed by atoms with Crippen molar-refractivity contribution in [3.63, 3.8) is 0 Å². The zero-order valence-corrected chi connectivity index (χ0v) is 14.7. The van der Waals surface area contributed by atoms with Crippen molar-refractivity contribution in [3.05, 3.63) is 71.8 Å². The van der Waals surface area contributed by atoms with E-state index < -0.39 is 29.0 Å². The Balaban J connectivity index is 2.09.